The van der Waals surface area contributed by atoms with E-state index >= 15 is 0 Å². The molecule has 35 heavy (non-hydrogen) atoms. The number of benzene rings is 2. The van der Waals surface area contributed by atoms with Crippen LogP contribution < -0.4 is 15.4 Å². The Labute approximate surface area is 222 Å². The zero-order valence-corrected chi connectivity index (χ0v) is 22.2. The quantitative estimate of drug-likeness (QED) is 0.200. The molecule has 11 heteroatoms. The summed E-state index contributed by atoms with van der Waals surface area (Å²) < 4.78 is 17.5. The molecule has 0 spiro atoms. The summed E-state index contributed by atoms with van der Waals surface area (Å²) in [5.74, 6) is 0.628. The second kappa shape index (κ2) is 12.6. The molecule has 3 aromatic rings. The summed E-state index contributed by atoms with van der Waals surface area (Å²) in [6.45, 7) is 4.78. The first-order valence-electron chi connectivity index (χ1n) is 11.3. The summed E-state index contributed by atoms with van der Waals surface area (Å²) in [5, 5.41) is 6.87. The van der Waals surface area contributed by atoms with Crippen molar-refractivity contribution >= 4 is 68.2 Å². The van der Waals surface area contributed by atoms with E-state index in [1.54, 1.807) is 12.1 Å². The van der Waals surface area contributed by atoms with Gasteiger partial charge in [-0.1, -0.05) is 17.7 Å². The van der Waals surface area contributed by atoms with Crippen molar-refractivity contribution in [3.05, 3.63) is 46.3 Å². The highest BCUT2D eigenvalue weighted by Crippen LogP contribution is 2.34. The van der Waals surface area contributed by atoms with Gasteiger partial charge >= 0.3 is 0 Å². The number of ether oxygens (including phenoxy) is 3. The Balaban J connectivity index is 1.57. The number of methoxy groups -OCH3 is 1. The molecule has 1 fully saturated rings. The van der Waals surface area contributed by atoms with Gasteiger partial charge in [-0.2, -0.15) is 0 Å². The molecule has 1 atom stereocenters. The van der Waals surface area contributed by atoms with E-state index in [4.69, 9.17) is 25.8 Å². The molecule has 9 nitrogen and oxygen atoms in total. The van der Waals surface area contributed by atoms with Gasteiger partial charge in [0.15, 0.2) is 0 Å². The summed E-state index contributed by atoms with van der Waals surface area (Å²) in [6, 6.07) is 11.5. The number of hydrogen-bond donors (Lipinski definition) is 2. The van der Waals surface area contributed by atoms with E-state index in [0.29, 0.717) is 29.4 Å². The van der Waals surface area contributed by atoms with Crippen LogP contribution in [0.25, 0.3) is 10.9 Å². The predicted octanol–water partition coefficient (Wildman–Crippen LogP) is 4.23. The molecule has 0 bridgehead atoms. The number of nitrogens with one attached hydrogen (secondary N) is 2. The third kappa shape index (κ3) is 7.14. The minimum atomic E-state index is -1.13. The molecule has 4 rings (SSSR count). The summed E-state index contributed by atoms with van der Waals surface area (Å²) in [6.07, 6.45) is 2.34. The molecule has 0 aliphatic carbocycles. The first-order chi connectivity index (χ1) is 17.0. The molecule has 2 heterocycles. The van der Waals surface area contributed by atoms with Crippen LogP contribution in [0.2, 0.25) is 0 Å². The number of carbonyl (C=O) groups excluding carboxylic acids is 1. The number of carbonyl (C=O) groups is 1. The molecule has 2 N–H and O–H groups in total. The highest BCUT2D eigenvalue weighted by atomic mass is 127. The van der Waals surface area contributed by atoms with Gasteiger partial charge in [-0.25, -0.2) is 9.97 Å². The van der Waals surface area contributed by atoms with Gasteiger partial charge in [0, 0.05) is 47.5 Å². The number of anilines is 3. The van der Waals surface area contributed by atoms with Gasteiger partial charge in [-0.3, -0.25) is 9.69 Å². The lowest BCUT2D eigenvalue weighted by molar-refractivity contribution is -0.121. The van der Waals surface area contributed by atoms with Gasteiger partial charge in [0.25, 0.3) is 5.91 Å². The number of hydrogen-bond acceptors (Lipinski definition) is 8. The van der Waals surface area contributed by atoms with Crippen molar-refractivity contribution in [3.8, 4) is 5.75 Å². The molecule has 186 valence electrons. The number of halogens is 2. The summed E-state index contributed by atoms with van der Waals surface area (Å²) >= 11 is 8.23. The van der Waals surface area contributed by atoms with Crippen LogP contribution in [0.4, 0.5) is 17.2 Å². The molecule has 0 saturated carbocycles. The Bertz CT molecular complexity index is 1160. The van der Waals surface area contributed by atoms with E-state index in [1.165, 1.54) is 13.4 Å². The van der Waals surface area contributed by atoms with E-state index in [2.05, 4.69) is 48.1 Å². The molecule has 1 amide bonds. The van der Waals surface area contributed by atoms with Crippen LogP contribution in [-0.2, 0) is 14.3 Å². The Morgan fingerprint density at radius 2 is 2.09 bits per heavy atom. The van der Waals surface area contributed by atoms with Crippen molar-refractivity contribution in [3.63, 3.8) is 0 Å². The average Bonchev–Trinajstić information content (AvgIpc) is 2.87. The molecule has 1 unspecified atom stereocenters. The van der Waals surface area contributed by atoms with Gasteiger partial charge in [0.2, 0.25) is 5.56 Å². The van der Waals surface area contributed by atoms with Gasteiger partial charge in [0.1, 0.15) is 17.9 Å². The zero-order chi connectivity index (χ0) is 24.6. The van der Waals surface area contributed by atoms with Crippen LogP contribution in [0.15, 0.2) is 42.7 Å². The van der Waals surface area contributed by atoms with Crippen LogP contribution in [0.1, 0.15) is 6.42 Å². The molecule has 0 radical (unpaired) electrons. The maximum absolute atomic E-state index is 12.5. The number of morpholine rings is 1. The third-order valence-electron chi connectivity index (χ3n) is 5.47. The smallest absolute Gasteiger partial charge is 0.269 e. The summed E-state index contributed by atoms with van der Waals surface area (Å²) in [4.78, 5) is 23.7. The number of nitrogens with zero attached hydrogens (tertiary/aromatic N) is 3. The van der Waals surface area contributed by atoms with E-state index in [0.717, 1.165) is 53.9 Å². The fourth-order valence-electron chi connectivity index (χ4n) is 3.70. The largest absolute Gasteiger partial charge is 0.491 e. The second-order valence-electron chi connectivity index (χ2n) is 7.92. The lowest BCUT2D eigenvalue weighted by atomic mass is 10.1. The fraction of sp³-hybridized carbons (Fsp3) is 0.375. The maximum Gasteiger partial charge on any atom is 0.269 e. The van der Waals surface area contributed by atoms with Crippen LogP contribution in [-0.4, -0.2) is 72.9 Å². The SMILES string of the molecule is COC(Cl)C(=O)Nc1cc2c(Nc3cccc(I)c3)ncnc2cc1OCCCN1CCOCC1. The van der Waals surface area contributed by atoms with E-state index in [-0.39, 0.29) is 0 Å². The lowest BCUT2D eigenvalue weighted by Gasteiger charge is -2.26. The number of aromatic nitrogens is 2. The Hall–Kier alpha value is -2.25. The van der Waals surface area contributed by atoms with Crippen molar-refractivity contribution in [2.75, 3.05) is 57.2 Å². The van der Waals surface area contributed by atoms with E-state index in [9.17, 15) is 4.79 Å². The van der Waals surface area contributed by atoms with Gasteiger partial charge in [-0.15, -0.1) is 0 Å². The van der Waals surface area contributed by atoms with Crippen molar-refractivity contribution in [2.45, 2.75) is 12.0 Å². The Morgan fingerprint density at radius 3 is 2.86 bits per heavy atom. The number of amides is 1. The van der Waals surface area contributed by atoms with Crippen LogP contribution in [0, 0.1) is 3.57 Å². The molecular weight excluding hydrogens is 585 g/mol. The third-order valence-corrected chi connectivity index (χ3v) is 6.52. The first-order valence-corrected chi connectivity index (χ1v) is 12.8. The first kappa shape index (κ1) is 25.8. The van der Waals surface area contributed by atoms with Crippen molar-refractivity contribution < 1.29 is 19.0 Å². The number of fused-ring (bicyclic) bond motifs is 1. The van der Waals surface area contributed by atoms with Gasteiger partial charge in [0.05, 0.1) is 31.0 Å². The Morgan fingerprint density at radius 1 is 1.26 bits per heavy atom. The summed E-state index contributed by atoms with van der Waals surface area (Å²) in [7, 11) is 1.37. The summed E-state index contributed by atoms with van der Waals surface area (Å²) in [5.41, 5.74) is 0.919. The van der Waals surface area contributed by atoms with Crippen molar-refractivity contribution in [1.82, 2.24) is 14.9 Å². The molecule has 1 saturated heterocycles. The van der Waals surface area contributed by atoms with Crippen molar-refractivity contribution in [1.29, 1.82) is 0 Å². The molecular formula is C24H27ClIN5O4. The van der Waals surface area contributed by atoms with E-state index in [1.807, 2.05) is 24.3 Å². The molecule has 1 aliphatic heterocycles. The van der Waals surface area contributed by atoms with Gasteiger partial charge in [-0.05, 0) is 53.3 Å². The fourth-order valence-corrected chi connectivity index (χ4v) is 4.29. The predicted molar refractivity (Wildman–Crippen MR) is 145 cm³/mol. The second-order valence-corrected chi connectivity index (χ2v) is 9.56. The van der Waals surface area contributed by atoms with Crippen LogP contribution >= 0.6 is 34.2 Å². The van der Waals surface area contributed by atoms with Crippen molar-refractivity contribution in [2.24, 2.45) is 0 Å². The van der Waals surface area contributed by atoms with Crippen LogP contribution in [0.3, 0.4) is 0 Å². The number of rotatable bonds is 10. The molecule has 2 aromatic carbocycles. The average molecular weight is 612 g/mol. The molecule has 1 aliphatic rings. The topological polar surface area (TPSA) is 97.8 Å². The van der Waals surface area contributed by atoms with Crippen LogP contribution in [0.5, 0.6) is 5.75 Å². The highest BCUT2D eigenvalue weighted by molar-refractivity contribution is 14.1. The molecule has 1 aromatic heterocycles. The monoisotopic (exact) mass is 611 g/mol. The lowest BCUT2D eigenvalue weighted by Crippen LogP contribution is -2.37. The highest BCUT2D eigenvalue weighted by Gasteiger charge is 2.19. The minimum absolute atomic E-state index is 0.470. The number of alkyl halides is 1. The Kier molecular flexibility index (Phi) is 9.32. The van der Waals surface area contributed by atoms with Gasteiger partial charge < -0.3 is 24.8 Å². The zero-order valence-electron chi connectivity index (χ0n) is 19.3. The maximum atomic E-state index is 12.5. The minimum Gasteiger partial charge on any atom is -0.491 e. The van der Waals surface area contributed by atoms with E-state index < -0.39 is 11.5 Å². The standard InChI is InChI=1S/C24H27ClIN5O4/c1-33-22(25)24(32)30-20-13-18-19(14-21(20)35-9-3-6-31-7-10-34-11-8-31)27-15-28-23(18)29-17-5-2-4-16(26)12-17/h2,4-5,12-15,22H,3,6-11H2,1H3,(H,30,32)(H,27,28,29). The normalized spacial score (nSPS) is 15.1.